The number of hydrogen-bond donors (Lipinski definition) is 0. The fourth-order valence-electron chi connectivity index (χ4n) is 2.65. The van der Waals surface area contributed by atoms with Gasteiger partial charge in [-0.05, 0) is 24.6 Å². The van der Waals surface area contributed by atoms with Crippen LogP contribution in [-0.2, 0) is 20.7 Å². The van der Waals surface area contributed by atoms with E-state index in [0.717, 1.165) is 0 Å². The molecule has 1 heterocycles. The Hall–Kier alpha value is -1.46. The van der Waals surface area contributed by atoms with E-state index < -0.39 is 11.4 Å². The van der Waals surface area contributed by atoms with Gasteiger partial charge in [0, 0.05) is 39.1 Å². The van der Waals surface area contributed by atoms with Gasteiger partial charge in [0.2, 0.25) is 0 Å². The fraction of sp³-hybridized carbons (Fsp3) is 0.562. The van der Waals surface area contributed by atoms with Gasteiger partial charge in [0.05, 0.1) is 7.11 Å². The highest BCUT2D eigenvalue weighted by atomic mass is 19.1. The molecular formula is C16H21FO4. The van der Waals surface area contributed by atoms with Crippen molar-refractivity contribution in [2.75, 3.05) is 26.9 Å². The molecule has 0 saturated carbocycles. The summed E-state index contributed by atoms with van der Waals surface area (Å²) in [4.78, 5) is 12.6. The Morgan fingerprint density at radius 3 is 2.67 bits per heavy atom. The van der Waals surface area contributed by atoms with Crippen LogP contribution in [0.5, 0.6) is 5.75 Å². The van der Waals surface area contributed by atoms with Crippen molar-refractivity contribution in [3.05, 3.63) is 29.6 Å². The smallest absolute Gasteiger partial charge is 0.169 e. The first kappa shape index (κ1) is 15.9. The standard InChI is InChI=1S/C16H21FO4/c1-3-21-16(6-8-20-9-7-16)15(18)11-12-4-5-14(19-2)13(17)10-12/h4-5,10H,3,6-9,11H2,1-2H3. The van der Waals surface area contributed by atoms with Crippen LogP contribution >= 0.6 is 0 Å². The van der Waals surface area contributed by atoms with E-state index in [0.29, 0.717) is 38.2 Å². The monoisotopic (exact) mass is 296 g/mol. The lowest BCUT2D eigenvalue weighted by Crippen LogP contribution is -2.47. The summed E-state index contributed by atoms with van der Waals surface area (Å²) < 4.78 is 29.6. The SMILES string of the molecule is CCOC1(C(=O)Cc2ccc(OC)c(F)c2)CCOCC1. The topological polar surface area (TPSA) is 44.8 Å². The summed E-state index contributed by atoms with van der Waals surface area (Å²) in [5.41, 5.74) is -0.160. The number of hydrogen-bond acceptors (Lipinski definition) is 4. The number of ether oxygens (including phenoxy) is 3. The van der Waals surface area contributed by atoms with Gasteiger partial charge in [-0.2, -0.15) is 0 Å². The van der Waals surface area contributed by atoms with E-state index in [4.69, 9.17) is 14.2 Å². The van der Waals surface area contributed by atoms with Crippen molar-refractivity contribution >= 4 is 5.78 Å². The normalized spacial score (nSPS) is 17.5. The molecule has 0 amide bonds. The average molecular weight is 296 g/mol. The Morgan fingerprint density at radius 2 is 2.10 bits per heavy atom. The number of carbonyl (C=O) groups is 1. The number of methoxy groups -OCH3 is 1. The van der Waals surface area contributed by atoms with Crippen molar-refractivity contribution in [1.29, 1.82) is 0 Å². The molecule has 4 nitrogen and oxygen atoms in total. The summed E-state index contributed by atoms with van der Waals surface area (Å²) in [6, 6.07) is 4.59. The van der Waals surface area contributed by atoms with Crippen molar-refractivity contribution in [2.24, 2.45) is 0 Å². The third-order valence-electron chi connectivity index (χ3n) is 3.81. The van der Waals surface area contributed by atoms with Gasteiger partial charge < -0.3 is 14.2 Å². The quantitative estimate of drug-likeness (QED) is 0.809. The predicted octanol–water partition coefficient (Wildman–Crippen LogP) is 2.53. The van der Waals surface area contributed by atoms with Crippen LogP contribution in [0.1, 0.15) is 25.3 Å². The van der Waals surface area contributed by atoms with Gasteiger partial charge in [-0.3, -0.25) is 4.79 Å². The molecule has 1 aromatic carbocycles. The summed E-state index contributed by atoms with van der Waals surface area (Å²) in [7, 11) is 1.41. The highest BCUT2D eigenvalue weighted by Crippen LogP contribution is 2.28. The lowest BCUT2D eigenvalue weighted by atomic mass is 9.86. The van der Waals surface area contributed by atoms with Crippen LogP contribution in [0.15, 0.2) is 18.2 Å². The molecule has 0 aromatic heterocycles. The molecule has 116 valence electrons. The average Bonchev–Trinajstić information content (AvgIpc) is 2.48. The van der Waals surface area contributed by atoms with Gasteiger partial charge in [0.1, 0.15) is 5.60 Å². The first-order valence-electron chi connectivity index (χ1n) is 7.18. The third kappa shape index (κ3) is 3.60. The Balaban J connectivity index is 2.13. The number of ketones is 1. The lowest BCUT2D eigenvalue weighted by Gasteiger charge is -2.35. The molecule has 0 N–H and O–H groups in total. The largest absolute Gasteiger partial charge is 0.494 e. The summed E-state index contributed by atoms with van der Waals surface area (Å²) in [5, 5.41) is 0. The highest BCUT2D eigenvalue weighted by Gasteiger charge is 2.40. The van der Waals surface area contributed by atoms with Gasteiger partial charge in [-0.15, -0.1) is 0 Å². The molecule has 0 radical (unpaired) electrons. The molecule has 1 fully saturated rings. The van der Waals surface area contributed by atoms with Crippen LogP contribution in [0, 0.1) is 5.82 Å². The number of carbonyl (C=O) groups excluding carboxylic acids is 1. The minimum atomic E-state index is -0.788. The first-order chi connectivity index (χ1) is 10.1. The van der Waals surface area contributed by atoms with Crippen LogP contribution in [0.4, 0.5) is 4.39 Å². The molecule has 0 atom stereocenters. The Morgan fingerprint density at radius 1 is 1.38 bits per heavy atom. The number of Topliss-reactive ketones (excluding diaryl/α,β-unsaturated/α-hetero) is 1. The first-order valence-corrected chi connectivity index (χ1v) is 7.18. The fourth-order valence-corrected chi connectivity index (χ4v) is 2.65. The molecule has 5 heteroatoms. The second kappa shape index (κ2) is 7.00. The molecule has 1 saturated heterocycles. The van der Waals surface area contributed by atoms with Gasteiger partial charge in [0.15, 0.2) is 17.3 Å². The third-order valence-corrected chi connectivity index (χ3v) is 3.81. The molecule has 1 aliphatic heterocycles. The molecule has 21 heavy (non-hydrogen) atoms. The molecule has 0 bridgehead atoms. The summed E-state index contributed by atoms with van der Waals surface area (Å²) in [6.45, 7) is 3.38. The van der Waals surface area contributed by atoms with Crippen LogP contribution < -0.4 is 4.74 Å². The van der Waals surface area contributed by atoms with Crippen molar-refractivity contribution in [2.45, 2.75) is 31.8 Å². The van der Waals surface area contributed by atoms with Crippen LogP contribution in [0.3, 0.4) is 0 Å². The number of benzene rings is 1. The Kier molecular flexibility index (Phi) is 5.31. The van der Waals surface area contributed by atoms with Gasteiger partial charge in [-0.25, -0.2) is 4.39 Å². The molecule has 0 spiro atoms. The lowest BCUT2D eigenvalue weighted by molar-refractivity contribution is -0.156. The van der Waals surface area contributed by atoms with Crippen LogP contribution in [-0.4, -0.2) is 38.3 Å². The maximum absolute atomic E-state index is 13.7. The zero-order valence-electron chi connectivity index (χ0n) is 12.5. The van der Waals surface area contributed by atoms with E-state index in [-0.39, 0.29) is 18.0 Å². The zero-order chi connectivity index (χ0) is 15.3. The highest BCUT2D eigenvalue weighted by molar-refractivity contribution is 5.89. The number of rotatable bonds is 6. The van der Waals surface area contributed by atoms with Crippen molar-refractivity contribution in [1.82, 2.24) is 0 Å². The molecule has 0 aliphatic carbocycles. The summed E-state index contributed by atoms with van der Waals surface area (Å²) >= 11 is 0. The Bertz CT molecular complexity index is 490. The zero-order valence-corrected chi connectivity index (χ0v) is 12.5. The maximum Gasteiger partial charge on any atom is 0.169 e. The molecular weight excluding hydrogens is 275 g/mol. The van der Waals surface area contributed by atoms with Crippen LogP contribution in [0.25, 0.3) is 0 Å². The maximum atomic E-state index is 13.7. The van der Waals surface area contributed by atoms with Gasteiger partial charge in [-0.1, -0.05) is 6.07 Å². The van der Waals surface area contributed by atoms with E-state index in [2.05, 4.69) is 0 Å². The van der Waals surface area contributed by atoms with E-state index >= 15 is 0 Å². The number of halogens is 1. The minimum Gasteiger partial charge on any atom is -0.494 e. The molecule has 1 aromatic rings. The van der Waals surface area contributed by atoms with Gasteiger partial charge >= 0.3 is 0 Å². The summed E-state index contributed by atoms with van der Waals surface area (Å²) in [6.07, 6.45) is 1.26. The van der Waals surface area contributed by atoms with E-state index in [9.17, 15) is 9.18 Å². The van der Waals surface area contributed by atoms with E-state index in [1.165, 1.54) is 19.2 Å². The van der Waals surface area contributed by atoms with E-state index in [1.807, 2.05) is 6.92 Å². The van der Waals surface area contributed by atoms with Crippen molar-refractivity contribution in [3.8, 4) is 5.75 Å². The van der Waals surface area contributed by atoms with Crippen LogP contribution in [0.2, 0.25) is 0 Å². The predicted molar refractivity (Wildman–Crippen MR) is 76.1 cm³/mol. The second-order valence-corrected chi connectivity index (χ2v) is 5.11. The van der Waals surface area contributed by atoms with Crippen molar-refractivity contribution < 1.29 is 23.4 Å². The van der Waals surface area contributed by atoms with Crippen molar-refractivity contribution in [3.63, 3.8) is 0 Å². The van der Waals surface area contributed by atoms with Gasteiger partial charge in [0.25, 0.3) is 0 Å². The van der Waals surface area contributed by atoms with E-state index in [1.54, 1.807) is 6.07 Å². The molecule has 0 unspecified atom stereocenters. The molecule has 2 rings (SSSR count). The second-order valence-electron chi connectivity index (χ2n) is 5.11. The minimum absolute atomic E-state index is 0.0165. The Labute approximate surface area is 124 Å². The summed E-state index contributed by atoms with van der Waals surface area (Å²) in [5.74, 6) is -0.297. The molecule has 1 aliphatic rings.